The third-order valence-electron chi connectivity index (χ3n) is 7.37. The normalized spacial score (nSPS) is 17.9. The Hall–Kier alpha value is -4.64. The number of ether oxygens (including phenoxy) is 1. The number of carbonyl (C=O) groups excluding carboxylic acids is 2. The molecular formula is C30H29N5O5S. The topological polar surface area (TPSA) is 144 Å². The van der Waals surface area contributed by atoms with Gasteiger partial charge in [0.25, 0.3) is 0 Å². The van der Waals surface area contributed by atoms with Crippen LogP contribution in [0.4, 0.5) is 22.0 Å². The van der Waals surface area contributed by atoms with Crippen molar-refractivity contribution in [3.63, 3.8) is 0 Å². The second-order valence-electron chi connectivity index (χ2n) is 10.4. The fraction of sp³-hybridized carbons (Fsp3) is 0.233. The van der Waals surface area contributed by atoms with Gasteiger partial charge in [-0.1, -0.05) is 18.2 Å². The van der Waals surface area contributed by atoms with Crippen molar-refractivity contribution < 1.29 is 22.7 Å². The number of aromatic nitrogens is 1. The number of nitrogens with zero attached hydrogens (tertiary/aromatic N) is 2. The van der Waals surface area contributed by atoms with Crippen LogP contribution in [-0.2, 0) is 32.5 Å². The van der Waals surface area contributed by atoms with Crippen LogP contribution in [-0.4, -0.2) is 42.6 Å². The van der Waals surface area contributed by atoms with E-state index in [0.29, 0.717) is 46.7 Å². The zero-order valence-corrected chi connectivity index (χ0v) is 23.1. The largest absolute Gasteiger partial charge is 0.444 e. The van der Waals surface area contributed by atoms with E-state index in [9.17, 15) is 18.0 Å². The molecule has 0 radical (unpaired) electrons. The first kappa shape index (κ1) is 26.6. The number of cyclic esters (lactones) is 1. The average molecular weight is 572 g/mol. The first-order valence-electron chi connectivity index (χ1n) is 13.2. The second-order valence-corrected chi connectivity index (χ2v) is 12.6. The molecule has 10 nitrogen and oxygen atoms in total. The van der Waals surface area contributed by atoms with Crippen LogP contribution in [0.15, 0.2) is 77.8 Å². The summed E-state index contributed by atoms with van der Waals surface area (Å²) in [5, 5.41) is 7.27. The smallest absolute Gasteiger partial charge is 0.411 e. The number of nitrogens with one attached hydrogen (secondary N) is 2. The van der Waals surface area contributed by atoms with Crippen LogP contribution >= 0.6 is 0 Å². The quantitative estimate of drug-likeness (QED) is 0.322. The first-order valence-corrected chi connectivity index (χ1v) is 14.8. The minimum absolute atomic E-state index is 0.0142. The van der Waals surface area contributed by atoms with Crippen molar-refractivity contribution in [2.75, 3.05) is 23.4 Å². The maximum Gasteiger partial charge on any atom is 0.411 e. The van der Waals surface area contributed by atoms with Crippen molar-refractivity contribution >= 4 is 49.8 Å². The molecule has 1 aliphatic heterocycles. The molecule has 0 saturated heterocycles. The lowest BCUT2D eigenvalue weighted by atomic mass is 10.0. The van der Waals surface area contributed by atoms with Gasteiger partial charge in [-0.05, 0) is 83.4 Å². The van der Waals surface area contributed by atoms with E-state index >= 15 is 0 Å². The van der Waals surface area contributed by atoms with Gasteiger partial charge in [0.1, 0.15) is 18.5 Å². The number of pyridine rings is 1. The standard InChI is InChI=1S/C30H29N5O5S/c1-35-16-21-15-23(6-10-26(21)41(38,39)24-7-8-24)34-30(37)40-17-18-3-2-4-20(13-18)27(29(35)36)33-22-5-9-25-19(14-22)11-12-32-28(25)31/h2-6,9-15,24,27,33H,7-8,16-17H2,1H3,(H2,31,32)(H,34,37). The Kier molecular flexibility index (Phi) is 6.74. The number of amides is 2. The number of nitrogens with two attached hydrogens (primary N) is 1. The fourth-order valence-corrected chi connectivity index (χ4v) is 6.94. The number of fused-ring (bicyclic) bond motifs is 5. The molecule has 0 spiro atoms. The summed E-state index contributed by atoms with van der Waals surface area (Å²) in [6, 6.07) is 18.5. The van der Waals surface area contributed by atoms with Crippen LogP contribution in [0.5, 0.6) is 0 Å². The summed E-state index contributed by atoms with van der Waals surface area (Å²) in [5.74, 6) is 0.150. The van der Waals surface area contributed by atoms with Crippen molar-refractivity contribution in [2.45, 2.75) is 42.2 Å². The van der Waals surface area contributed by atoms with E-state index in [1.807, 2.05) is 42.5 Å². The summed E-state index contributed by atoms with van der Waals surface area (Å²) in [7, 11) is -1.93. The summed E-state index contributed by atoms with van der Waals surface area (Å²) in [4.78, 5) is 32.4. The molecular weight excluding hydrogens is 542 g/mol. The number of hydrogen-bond donors (Lipinski definition) is 3. The molecule has 3 aromatic carbocycles. The molecule has 41 heavy (non-hydrogen) atoms. The van der Waals surface area contributed by atoms with Crippen LogP contribution < -0.4 is 16.4 Å². The van der Waals surface area contributed by atoms with Gasteiger partial charge in [-0.25, -0.2) is 18.2 Å². The van der Waals surface area contributed by atoms with Crippen molar-refractivity contribution in [2.24, 2.45) is 0 Å². The molecule has 2 heterocycles. The van der Waals surface area contributed by atoms with E-state index in [-0.39, 0.29) is 24.0 Å². The lowest BCUT2D eigenvalue weighted by molar-refractivity contribution is -0.131. The lowest BCUT2D eigenvalue weighted by Crippen LogP contribution is -2.35. The Balaban J connectivity index is 1.41. The molecule has 11 heteroatoms. The Bertz CT molecular complexity index is 1790. The minimum Gasteiger partial charge on any atom is -0.444 e. The van der Waals surface area contributed by atoms with Gasteiger partial charge < -0.3 is 20.7 Å². The molecule has 1 atom stereocenters. The van der Waals surface area contributed by atoms with Gasteiger partial charge in [-0.15, -0.1) is 0 Å². The van der Waals surface area contributed by atoms with E-state index in [2.05, 4.69) is 15.6 Å². The molecule has 210 valence electrons. The van der Waals surface area contributed by atoms with Gasteiger partial charge in [0, 0.05) is 36.6 Å². The molecule has 1 fully saturated rings. The van der Waals surface area contributed by atoms with Gasteiger partial charge in [-0.2, -0.15) is 0 Å². The van der Waals surface area contributed by atoms with Gasteiger partial charge in [0.15, 0.2) is 9.84 Å². The minimum atomic E-state index is -3.57. The molecule has 1 unspecified atom stereocenters. The van der Waals surface area contributed by atoms with Crippen molar-refractivity contribution in [1.82, 2.24) is 9.88 Å². The number of hydrogen-bond acceptors (Lipinski definition) is 8. The molecule has 6 rings (SSSR count). The van der Waals surface area contributed by atoms with Crippen LogP contribution in [0.1, 0.15) is 35.6 Å². The fourth-order valence-electron chi connectivity index (χ4n) is 5.08. The van der Waals surface area contributed by atoms with Crippen molar-refractivity contribution in [3.8, 4) is 0 Å². The number of benzene rings is 3. The molecule has 1 aromatic heterocycles. The van der Waals surface area contributed by atoms with Gasteiger partial charge in [-0.3, -0.25) is 10.1 Å². The molecule has 1 aliphatic carbocycles. The molecule has 2 aliphatic rings. The van der Waals surface area contributed by atoms with E-state index in [4.69, 9.17) is 10.5 Å². The third kappa shape index (κ3) is 5.40. The number of sulfone groups is 1. The molecule has 4 aromatic rings. The van der Waals surface area contributed by atoms with E-state index in [0.717, 1.165) is 10.8 Å². The zero-order valence-electron chi connectivity index (χ0n) is 22.3. The zero-order chi connectivity index (χ0) is 28.7. The molecule has 4 N–H and O–H groups in total. The van der Waals surface area contributed by atoms with E-state index < -0.39 is 27.2 Å². The monoisotopic (exact) mass is 571 g/mol. The van der Waals surface area contributed by atoms with Crippen LogP contribution in [0, 0.1) is 0 Å². The highest BCUT2D eigenvalue weighted by atomic mass is 32.2. The summed E-state index contributed by atoms with van der Waals surface area (Å²) < 4.78 is 31.9. The SMILES string of the molecule is CN1Cc2cc(ccc2S(=O)(=O)C2CC2)NC(=O)OCc2cccc(c2)C(Nc2ccc3c(N)nccc3c2)C1=O. The van der Waals surface area contributed by atoms with E-state index in [1.165, 1.54) is 11.0 Å². The Morgan fingerprint density at radius 2 is 1.88 bits per heavy atom. The number of likely N-dealkylation sites (N-methyl/N-ethyl adjacent to an activating group) is 1. The van der Waals surface area contributed by atoms with Gasteiger partial charge >= 0.3 is 6.09 Å². The summed E-state index contributed by atoms with van der Waals surface area (Å²) in [5.41, 5.74) is 8.88. The molecule has 2 amide bonds. The third-order valence-corrected chi connectivity index (χ3v) is 9.73. The van der Waals surface area contributed by atoms with Crippen LogP contribution in [0.2, 0.25) is 0 Å². The average Bonchev–Trinajstić information content (AvgIpc) is 3.81. The maximum absolute atomic E-state index is 14.1. The Morgan fingerprint density at radius 3 is 2.68 bits per heavy atom. The number of anilines is 3. The second kappa shape index (κ2) is 10.4. The lowest BCUT2D eigenvalue weighted by Gasteiger charge is -2.27. The highest BCUT2D eigenvalue weighted by Crippen LogP contribution is 2.36. The van der Waals surface area contributed by atoms with Gasteiger partial charge in [0.05, 0.1) is 10.1 Å². The Labute approximate surface area is 237 Å². The summed E-state index contributed by atoms with van der Waals surface area (Å²) in [6.45, 7) is 0.00214. The predicted molar refractivity (Wildman–Crippen MR) is 156 cm³/mol. The highest BCUT2D eigenvalue weighted by molar-refractivity contribution is 7.92. The summed E-state index contributed by atoms with van der Waals surface area (Å²) >= 11 is 0. The van der Waals surface area contributed by atoms with Gasteiger partial charge in [0.2, 0.25) is 5.91 Å². The summed E-state index contributed by atoms with van der Waals surface area (Å²) in [6.07, 6.45) is 2.18. The Morgan fingerprint density at radius 1 is 1.05 bits per heavy atom. The van der Waals surface area contributed by atoms with Crippen LogP contribution in [0.3, 0.4) is 0 Å². The highest BCUT2D eigenvalue weighted by Gasteiger charge is 2.38. The molecule has 1 saturated carbocycles. The van der Waals surface area contributed by atoms with Crippen molar-refractivity contribution in [3.05, 3.63) is 89.6 Å². The van der Waals surface area contributed by atoms with Crippen LogP contribution in [0.25, 0.3) is 10.8 Å². The van der Waals surface area contributed by atoms with Crippen molar-refractivity contribution in [1.29, 1.82) is 0 Å². The number of carbonyl (C=O) groups is 2. The maximum atomic E-state index is 14.1. The number of rotatable bonds is 4. The number of nitrogen functional groups attached to an aromatic ring is 1. The molecule has 4 bridgehead atoms. The first-order chi connectivity index (χ1) is 19.7. The van der Waals surface area contributed by atoms with E-state index in [1.54, 1.807) is 31.4 Å². The predicted octanol–water partition coefficient (Wildman–Crippen LogP) is 4.63.